The number of aromatic nitrogens is 2. The molecule has 0 saturated carbocycles. The molecular weight excluding hydrogens is 445 g/mol. The molecule has 7 nitrogen and oxygen atoms in total. The number of rotatable bonds is 5. The van der Waals surface area contributed by atoms with Gasteiger partial charge in [-0.1, -0.05) is 6.07 Å². The average molecular weight is 472 g/mol. The SMILES string of the molecule is CNC(=O)c1cc(Nc2c(C)c(-c3ccccn3)nc3cc(F)ccc23)cc(N2CCOCC2)c1. The Balaban J connectivity index is 1.65. The highest BCUT2D eigenvalue weighted by molar-refractivity contribution is 6.00. The van der Waals surface area contributed by atoms with Gasteiger partial charge in [-0.3, -0.25) is 9.78 Å². The molecule has 178 valence electrons. The summed E-state index contributed by atoms with van der Waals surface area (Å²) in [5, 5.41) is 7.01. The molecule has 0 bridgehead atoms. The number of carbonyl (C=O) groups is 1. The highest BCUT2D eigenvalue weighted by atomic mass is 19.1. The van der Waals surface area contributed by atoms with Crippen LogP contribution < -0.4 is 15.5 Å². The summed E-state index contributed by atoms with van der Waals surface area (Å²) in [6, 6.07) is 15.9. The Morgan fingerprint density at radius 2 is 1.91 bits per heavy atom. The summed E-state index contributed by atoms with van der Waals surface area (Å²) < 4.78 is 19.6. The minimum Gasteiger partial charge on any atom is -0.378 e. The van der Waals surface area contributed by atoms with E-state index >= 15 is 0 Å². The van der Waals surface area contributed by atoms with Gasteiger partial charge in [0.25, 0.3) is 5.91 Å². The molecule has 1 saturated heterocycles. The second kappa shape index (κ2) is 9.68. The van der Waals surface area contributed by atoms with Crippen LogP contribution in [0.5, 0.6) is 0 Å². The molecule has 1 amide bonds. The smallest absolute Gasteiger partial charge is 0.251 e. The predicted octanol–water partition coefficient (Wildman–Crippen LogP) is 4.68. The number of amides is 1. The van der Waals surface area contributed by atoms with Gasteiger partial charge < -0.3 is 20.3 Å². The topological polar surface area (TPSA) is 79.4 Å². The first-order valence-electron chi connectivity index (χ1n) is 11.5. The van der Waals surface area contributed by atoms with E-state index in [9.17, 15) is 9.18 Å². The predicted molar refractivity (Wildman–Crippen MR) is 136 cm³/mol. The molecule has 0 radical (unpaired) electrons. The van der Waals surface area contributed by atoms with Gasteiger partial charge in [-0.2, -0.15) is 0 Å². The van der Waals surface area contributed by atoms with Crippen molar-refractivity contribution in [3.63, 3.8) is 0 Å². The number of pyridine rings is 2. The molecule has 1 aliphatic rings. The van der Waals surface area contributed by atoms with Crippen LogP contribution in [0.25, 0.3) is 22.3 Å². The zero-order valence-electron chi connectivity index (χ0n) is 19.6. The van der Waals surface area contributed by atoms with Crippen molar-refractivity contribution in [2.45, 2.75) is 6.92 Å². The minimum absolute atomic E-state index is 0.171. The molecule has 0 aliphatic carbocycles. The first-order chi connectivity index (χ1) is 17.0. The molecule has 2 aromatic carbocycles. The summed E-state index contributed by atoms with van der Waals surface area (Å²) >= 11 is 0. The van der Waals surface area contributed by atoms with Crippen LogP contribution in [-0.4, -0.2) is 49.2 Å². The van der Waals surface area contributed by atoms with E-state index in [1.54, 1.807) is 19.3 Å². The van der Waals surface area contributed by atoms with Crippen LogP contribution in [-0.2, 0) is 4.74 Å². The molecule has 0 atom stereocenters. The lowest BCUT2D eigenvalue weighted by atomic mass is 10.0. The van der Waals surface area contributed by atoms with Gasteiger partial charge in [-0.05, 0) is 49.4 Å². The summed E-state index contributed by atoms with van der Waals surface area (Å²) in [7, 11) is 1.62. The van der Waals surface area contributed by atoms with E-state index in [0.717, 1.165) is 41.1 Å². The van der Waals surface area contributed by atoms with Crippen LogP contribution in [0.1, 0.15) is 15.9 Å². The lowest BCUT2D eigenvalue weighted by Gasteiger charge is -2.29. The molecule has 5 rings (SSSR count). The summed E-state index contributed by atoms with van der Waals surface area (Å²) in [5.74, 6) is -0.529. The number of hydrogen-bond donors (Lipinski definition) is 2. The van der Waals surface area contributed by atoms with Crippen molar-refractivity contribution in [3.05, 3.63) is 77.7 Å². The van der Waals surface area contributed by atoms with Gasteiger partial charge in [0.1, 0.15) is 5.82 Å². The number of nitrogens with zero attached hydrogens (tertiary/aromatic N) is 3. The molecule has 3 heterocycles. The van der Waals surface area contributed by atoms with Crippen molar-refractivity contribution in [1.82, 2.24) is 15.3 Å². The summed E-state index contributed by atoms with van der Waals surface area (Å²) in [6.45, 7) is 4.74. The number of fused-ring (bicyclic) bond motifs is 1. The maximum Gasteiger partial charge on any atom is 0.251 e. The third-order valence-electron chi connectivity index (χ3n) is 6.15. The third-order valence-corrected chi connectivity index (χ3v) is 6.15. The van der Waals surface area contributed by atoms with Crippen LogP contribution in [0, 0.1) is 12.7 Å². The second-order valence-corrected chi connectivity index (χ2v) is 8.41. The maximum absolute atomic E-state index is 14.1. The Kier molecular flexibility index (Phi) is 6.29. The minimum atomic E-state index is -0.358. The highest BCUT2D eigenvalue weighted by Crippen LogP contribution is 2.36. The molecule has 4 aromatic rings. The summed E-state index contributed by atoms with van der Waals surface area (Å²) in [4.78, 5) is 24.0. The van der Waals surface area contributed by atoms with E-state index in [-0.39, 0.29) is 11.7 Å². The largest absolute Gasteiger partial charge is 0.378 e. The van der Waals surface area contributed by atoms with E-state index in [1.165, 1.54) is 12.1 Å². The summed E-state index contributed by atoms with van der Waals surface area (Å²) in [5.41, 5.74) is 5.79. The number of hydrogen-bond acceptors (Lipinski definition) is 6. The van der Waals surface area contributed by atoms with Crippen LogP contribution in [0.3, 0.4) is 0 Å². The molecule has 0 spiro atoms. The van der Waals surface area contributed by atoms with E-state index in [2.05, 4.69) is 20.5 Å². The Bertz CT molecular complexity index is 1390. The van der Waals surface area contributed by atoms with E-state index in [4.69, 9.17) is 9.72 Å². The zero-order valence-corrected chi connectivity index (χ0v) is 19.6. The highest BCUT2D eigenvalue weighted by Gasteiger charge is 2.18. The first kappa shape index (κ1) is 22.7. The second-order valence-electron chi connectivity index (χ2n) is 8.41. The maximum atomic E-state index is 14.1. The van der Waals surface area contributed by atoms with Crippen LogP contribution in [0.2, 0.25) is 0 Å². The van der Waals surface area contributed by atoms with Gasteiger partial charge in [-0.15, -0.1) is 0 Å². The number of carbonyl (C=O) groups excluding carboxylic acids is 1. The van der Waals surface area contributed by atoms with Crippen molar-refractivity contribution in [2.24, 2.45) is 0 Å². The van der Waals surface area contributed by atoms with Crippen molar-refractivity contribution >= 4 is 33.9 Å². The zero-order chi connectivity index (χ0) is 24.4. The summed E-state index contributed by atoms with van der Waals surface area (Å²) in [6.07, 6.45) is 1.71. The van der Waals surface area contributed by atoms with Gasteiger partial charge >= 0.3 is 0 Å². The van der Waals surface area contributed by atoms with Crippen LogP contribution in [0.15, 0.2) is 60.8 Å². The van der Waals surface area contributed by atoms with E-state index in [1.807, 2.05) is 43.3 Å². The van der Waals surface area contributed by atoms with Crippen molar-refractivity contribution in [3.8, 4) is 11.4 Å². The fourth-order valence-corrected chi connectivity index (χ4v) is 4.35. The number of ether oxygens (including phenoxy) is 1. The first-order valence-corrected chi connectivity index (χ1v) is 11.5. The van der Waals surface area contributed by atoms with Crippen molar-refractivity contribution < 1.29 is 13.9 Å². The van der Waals surface area contributed by atoms with Gasteiger partial charge in [0.15, 0.2) is 0 Å². The third kappa shape index (κ3) is 4.65. The Labute approximate surface area is 203 Å². The van der Waals surface area contributed by atoms with E-state index < -0.39 is 0 Å². The van der Waals surface area contributed by atoms with Gasteiger partial charge in [0.2, 0.25) is 0 Å². The average Bonchev–Trinajstić information content (AvgIpc) is 2.90. The molecule has 1 fully saturated rings. The molecule has 1 aliphatic heterocycles. The normalized spacial score (nSPS) is 13.6. The lowest BCUT2D eigenvalue weighted by molar-refractivity contribution is 0.0963. The standard InChI is InChI=1S/C27H26FN5O2/c1-17-25(22-7-6-19(28)15-24(22)32-26(17)23-5-3-4-8-30-23)31-20-13-18(27(34)29-2)14-21(16-20)33-9-11-35-12-10-33/h3-8,13-16H,9-12H2,1-2H3,(H,29,34)(H,31,32). The Morgan fingerprint density at radius 3 is 2.66 bits per heavy atom. The molecule has 8 heteroatoms. The lowest BCUT2D eigenvalue weighted by Crippen LogP contribution is -2.36. The number of halogens is 1. The number of nitrogens with one attached hydrogen (secondary N) is 2. The van der Waals surface area contributed by atoms with Crippen LogP contribution in [0.4, 0.5) is 21.5 Å². The fourth-order valence-electron chi connectivity index (χ4n) is 4.35. The van der Waals surface area contributed by atoms with Crippen molar-refractivity contribution in [2.75, 3.05) is 43.6 Å². The number of anilines is 3. The molecule has 35 heavy (non-hydrogen) atoms. The van der Waals surface area contributed by atoms with Gasteiger partial charge in [0.05, 0.1) is 35.8 Å². The monoisotopic (exact) mass is 471 g/mol. The quantitative estimate of drug-likeness (QED) is 0.440. The number of benzene rings is 2. The molecule has 2 aromatic heterocycles. The van der Waals surface area contributed by atoms with Crippen LogP contribution >= 0.6 is 0 Å². The number of morpholine rings is 1. The Morgan fingerprint density at radius 1 is 1.09 bits per heavy atom. The fraction of sp³-hybridized carbons (Fsp3) is 0.222. The molecule has 2 N–H and O–H groups in total. The van der Waals surface area contributed by atoms with E-state index in [0.29, 0.717) is 35.7 Å². The van der Waals surface area contributed by atoms with Crippen molar-refractivity contribution in [1.29, 1.82) is 0 Å². The van der Waals surface area contributed by atoms with Gasteiger partial charge in [0, 0.05) is 60.3 Å². The molecule has 0 unspecified atom stereocenters. The Hall–Kier alpha value is -4.04. The van der Waals surface area contributed by atoms with Gasteiger partial charge in [-0.25, -0.2) is 9.37 Å². The molecular formula is C27H26FN5O2.